The van der Waals surface area contributed by atoms with Gasteiger partial charge in [0.15, 0.2) is 0 Å². The molecule has 0 aliphatic heterocycles. The Morgan fingerprint density at radius 2 is 1.14 bits per heavy atom. The Bertz CT molecular complexity index is 110. The fourth-order valence-corrected chi connectivity index (χ4v) is 1.86. The van der Waals surface area contributed by atoms with Gasteiger partial charge in [-0.3, -0.25) is 0 Å². The summed E-state index contributed by atoms with van der Waals surface area (Å²) >= 11 is 4.20. The molecule has 0 amide bonds. The molecule has 0 rings (SSSR count). The monoisotopic (exact) mass is 214 g/mol. The highest BCUT2D eigenvalue weighted by Gasteiger charge is 1.91. The molecular formula is C13H26S. The molecule has 0 nitrogen and oxygen atoms in total. The maximum Gasteiger partial charge on any atom is -0.00979 e. The fraction of sp³-hybridized carbons (Fsp3) is 0.846. The van der Waals surface area contributed by atoms with Gasteiger partial charge in [-0.25, -0.2) is 0 Å². The molecule has 0 bridgehead atoms. The zero-order valence-electron chi connectivity index (χ0n) is 9.51. The van der Waals surface area contributed by atoms with Crippen LogP contribution in [-0.2, 0) is 0 Å². The van der Waals surface area contributed by atoms with E-state index in [1.165, 1.54) is 64.2 Å². The van der Waals surface area contributed by atoms with Gasteiger partial charge in [0, 0.05) is 0 Å². The number of rotatable bonds is 11. The molecule has 84 valence electrons. The molecule has 0 saturated carbocycles. The summed E-state index contributed by atoms with van der Waals surface area (Å²) in [6.45, 7) is 3.73. The fourth-order valence-electron chi connectivity index (χ4n) is 1.64. The van der Waals surface area contributed by atoms with Crippen LogP contribution in [0.1, 0.15) is 64.2 Å². The molecule has 0 atom stereocenters. The van der Waals surface area contributed by atoms with Gasteiger partial charge in [-0.05, 0) is 25.0 Å². The second kappa shape index (κ2) is 13.1. The van der Waals surface area contributed by atoms with Gasteiger partial charge >= 0.3 is 0 Å². The summed E-state index contributed by atoms with van der Waals surface area (Å²) in [6.07, 6.45) is 15.7. The second-order valence-corrected chi connectivity index (χ2v) is 4.43. The van der Waals surface area contributed by atoms with E-state index in [1.54, 1.807) is 0 Å². The molecule has 0 fully saturated rings. The van der Waals surface area contributed by atoms with E-state index in [1.807, 2.05) is 6.08 Å². The Balaban J connectivity index is 2.81. The first-order valence-corrected chi connectivity index (χ1v) is 6.77. The molecule has 0 spiro atoms. The molecule has 0 aliphatic rings. The topological polar surface area (TPSA) is 0 Å². The van der Waals surface area contributed by atoms with Crippen LogP contribution in [-0.4, -0.2) is 5.75 Å². The van der Waals surface area contributed by atoms with E-state index in [0.29, 0.717) is 0 Å². The number of hydrogen-bond acceptors (Lipinski definition) is 1. The third-order valence-corrected chi connectivity index (χ3v) is 2.88. The molecule has 0 aromatic heterocycles. The Kier molecular flexibility index (Phi) is 13.2. The number of allylic oxidation sites excluding steroid dienone is 1. The van der Waals surface area contributed by atoms with Crippen molar-refractivity contribution < 1.29 is 0 Å². The van der Waals surface area contributed by atoms with Crippen molar-refractivity contribution in [1.29, 1.82) is 0 Å². The highest BCUT2D eigenvalue weighted by molar-refractivity contribution is 7.80. The van der Waals surface area contributed by atoms with Gasteiger partial charge in [-0.15, -0.1) is 6.58 Å². The first-order valence-electron chi connectivity index (χ1n) is 6.13. The van der Waals surface area contributed by atoms with Crippen LogP contribution in [0, 0.1) is 0 Å². The van der Waals surface area contributed by atoms with Crippen molar-refractivity contribution in [2.45, 2.75) is 64.2 Å². The maximum atomic E-state index is 4.20. The molecular weight excluding hydrogens is 188 g/mol. The normalized spacial score (nSPS) is 10.4. The summed E-state index contributed by atoms with van der Waals surface area (Å²) < 4.78 is 0. The average Bonchev–Trinajstić information content (AvgIpc) is 2.21. The van der Waals surface area contributed by atoms with E-state index < -0.39 is 0 Å². The molecule has 0 radical (unpaired) electrons. The van der Waals surface area contributed by atoms with Crippen LogP contribution in [0.5, 0.6) is 0 Å². The van der Waals surface area contributed by atoms with Crippen LogP contribution in [0.4, 0.5) is 0 Å². The Labute approximate surface area is 95.6 Å². The summed E-state index contributed by atoms with van der Waals surface area (Å²) in [5, 5.41) is 0. The third-order valence-electron chi connectivity index (χ3n) is 2.57. The van der Waals surface area contributed by atoms with Crippen LogP contribution in [0.15, 0.2) is 12.7 Å². The number of thiol groups is 1. The van der Waals surface area contributed by atoms with E-state index in [0.717, 1.165) is 5.75 Å². The van der Waals surface area contributed by atoms with Crippen LogP contribution in [0.25, 0.3) is 0 Å². The van der Waals surface area contributed by atoms with E-state index in [-0.39, 0.29) is 0 Å². The van der Waals surface area contributed by atoms with Gasteiger partial charge in [0.2, 0.25) is 0 Å². The van der Waals surface area contributed by atoms with Crippen molar-refractivity contribution in [2.24, 2.45) is 0 Å². The standard InChI is InChI=1S/C13H26S/c1-2-3-4-5-6-7-8-9-10-11-12-13-14/h2,14H,1,3-13H2. The summed E-state index contributed by atoms with van der Waals surface area (Å²) in [7, 11) is 0. The van der Waals surface area contributed by atoms with Crippen molar-refractivity contribution in [3.63, 3.8) is 0 Å². The number of hydrogen-bond donors (Lipinski definition) is 1. The minimum atomic E-state index is 1.06. The quantitative estimate of drug-likeness (QED) is 0.279. The van der Waals surface area contributed by atoms with Crippen molar-refractivity contribution in [1.82, 2.24) is 0 Å². The van der Waals surface area contributed by atoms with Crippen molar-refractivity contribution in [2.75, 3.05) is 5.75 Å². The SMILES string of the molecule is C=CCCCCCCCCCCCS. The lowest BCUT2D eigenvalue weighted by molar-refractivity contribution is 0.567. The zero-order chi connectivity index (χ0) is 10.5. The number of unbranched alkanes of at least 4 members (excludes halogenated alkanes) is 9. The molecule has 0 aromatic rings. The minimum Gasteiger partial charge on any atom is -0.179 e. The summed E-state index contributed by atoms with van der Waals surface area (Å²) in [4.78, 5) is 0. The highest BCUT2D eigenvalue weighted by Crippen LogP contribution is 2.10. The van der Waals surface area contributed by atoms with Crippen LogP contribution in [0.3, 0.4) is 0 Å². The first-order chi connectivity index (χ1) is 6.91. The molecule has 0 heterocycles. The average molecular weight is 214 g/mol. The highest BCUT2D eigenvalue weighted by atomic mass is 32.1. The summed E-state index contributed by atoms with van der Waals surface area (Å²) in [6, 6.07) is 0. The largest absolute Gasteiger partial charge is 0.179 e. The maximum absolute atomic E-state index is 4.20. The Morgan fingerprint density at radius 3 is 1.57 bits per heavy atom. The van der Waals surface area contributed by atoms with Crippen LogP contribution < -0.4 is 0 Å². The smallest absolute Gasteiger partial charge is 0.00979 e. The molecule has 0 N–H and O–H groups in total. The predicted octanol–water partition coefficient (Wildman–Crippen LogP) is 5.00. The van der Waals surface area contributed by atoms with E-state index in [9.17, 15) is 0 Å². The van der Waals surface area contributed by atoms with Crippen molar-refractivity contribution in [3.8, 4) is 0 Å². The molecule has 0 unspecified atom stereocenters. The van der Waals surface area contributed by atoms with Gasteiger partial charge in [0.1, 0.15) is 0 Å². The lowest BCUT2D eigenvalue weighted by atomic mass is 10.1. The van der Waals surface area contributed by atoms with Gasteiger partial charge in [-0.1, -0.05) is 51.0 Å². The third kappa shape index (κ3) is 12.1. The molecule has 14 heavy (non-hydrogen) atoms. The molecule has 0 aromatic carbocycles. The predicted molar refractivity (Wildman–Crippen MR) is 70.2 cm³/mol. The molecule has 0 saturated heterocycles. The minimum absolute atomic E-state index is 1.06. The van der Waals surface area contributed by atoms with Gasteiger partial charge < -0.3 is 0 Å². The molecule has 0 aliphatic carbocycles. The lowest BCUT2D eigenvalue weighted by Crippen LogP contribution is -1.82. The first kappa shape index (κ1) is 14.1. The van der Waals surface area contributed by atoms with E-state index >= 15 is 0 Å². The van der Waals surface area contributed by atoms with Crippen LogP contribution >= 0.6 is 12.6 Å². The van der Waals surface area contributed by atoms with Crippen LogP contribution in [0.2, 0.25) is 0 Å². The van der Waals surface area contributed by atoms with E-state index in [2.05, 4.69) is 19.2 Å². The van der Waals surface area contributed by atoms with Crippen molar-refractivity contribution in [3.05, 3.63) is 12.7 Å². The van der Waals surface area contributed by atoms with Gasteiger partial charge in [-0.2, -0.15) is 12.6 Å². The second-order valence-electron chi connectivity index (χ2n) is 3.98. The Morgan fingerprint density at radius 1 is 0.714 bits per heavy atom. The lowest BCUT2D eigenvalue weighted by Gasteiger charge is -2.00. The van der Waals surface area contributed by atoms with E-state index in [4.69, 9.17) is 0 Å². The summed E-state index contributed by atoms with van der Waals surface area (Å²) in [5.74, 6) is 1.06. The zero-order valence-corrected chi connectivity index (χ0v) is 10.4. The van der Waals surface area contributed by atoms with Gasteiger partial charge in [0.05, 0.1) is 0 Å². The van der Waals surface area contributed by atoms with Crippen molar-refractivity contribution >= 4 is 12.6 Å². The summed E-state index contributed by atoms with van der Waals surface area (Å²) in [5.41, 5.74) is 0. The Hall–Kier alpha value is 0.0900. The van der Waals surface area contributed by atoms with Gasteiger partial charge in [0.25, 0.3) is 0 Å². The molecule has 1 heteroatoms.